The van der Waals surface area contributed by atoms with E-state index in [4.69, 9.17) is 0 Å². The first-order valence-electron chi connectivity index (χ1n) is 21.7. The lowest BCUT2D eigenvalue weighted by Crippen LogP contribution is -2.45. The number of carbonyl (C=O) groups is 1. The quantitative estimate of drug-likeness (QED) is 0.0438. The van der Waals surface area contributed by atoms with Crippen molar-refractivity contribution < 1.29 is 15.0 Å². The topological polar surface area (TPSA) is 69.6 Å². The summed E-state index contributed by atoms with van der Waals surface area (Å²) in [4.78, 5) is 12.3. The van der Waals surface area contributed by atoms with Crippen LogP contribution in [0.3, 0.4) is 0 Å². The van der Waals surface area contributed by atoms with Crippen LogP contribution in [0.25, 0.3) is 0 Å². The van der Waals surface area contributed by atoms with Gasteiger partial charge in [-0.25, -0.2) is 0 Å². The molecule has 1 amide bonds. The summed E-state index contributed by atoms with van der Waals surface area (Å²) in [6.45, 7) is 4.18. The minimum absolute atomic E-state index is 0.0829. The maximum atomic E-state index is 12.3. The highest BCUT2D eigenvalue weighted by Crippen LogP contribution is 2.13. The molecule has 0 aromatic rings. The third-order valence-electron chi connectivity index (χ3n) is 8.99. The van der Waals surface area contributed by atoms with Gasteiger partial charge in [0.25, 0.3) is 0 Å². The van der Waals surface area contributed by atoms with E-state index in [9.17, 15) is 15.0 Å². The standard InChI is InChI=1S/C50H81NO3/c1-3-5-7-9-11-13-14-15-16-17-18-19-20-21-22-23-24-25-26-27-28-29-30-31-32-33-34-35-36-38-40-42-44-46-50(54)51-48(47-52)49(53)45-43-41-39-37-12-10-8-6-4-2/h5,7,11,13,15-16,18-19,21-22,24-25,27-28,30-31,33-34,36,38,48-49,52-53H,3-4,6,8-10,12,14,17,20,23,26,29,32,35,37,39-47H2,1-2H3,(H,51,54)/b7-5-,13-11-,16-15-,19-18-,22-21-,25-24-,28-27-,31-30-,34-33-,38-36-. The maximum absolute atomic E-state index is 12.3. The van der Waals surface area contributed by atoms with Crippen LogP contribution < -0.4 is 5.32 Å². The summed E-state index contributed by atoms with van der Waals surface area (Å²) in [6, 6.07) is -0.566. The Kier molecular flexibility index (Phi) is 41.6. The molecule has 0 saturated heterocycles. The second-order valence-electron chi connectivity index (χ2n) is 14.0. The largest absolute Gasteiger partial charge is 0.394 e. The minimum atomic E-state index is -0.684. The molecule has 0 rings (SSSR count). The number of amides is 1. The summed E-state index contributed by atoms with van der Waals surface area (Å²) >= 11 is 0. The van der Waals surface area contributed by atoms with Crippen molar-refractivity contribution in [2.24, 2.45) is 0 Å². The molecule has 0 aliphatic rings. The molecule has 54 heavy (non-hydrogen) atoms. The van der Waals surface area contributed by atoms with Gasteiger partial charge < -0.3 is 15.5 Å². The number of allylic oxidation sites excluding steroid dienone is 20. The van der Waals surface area contributed by atoms with Crippen LogP contribution in [-0.2, 0) is 4.79 Å². The van der Waals surface area contributed by atoms with Gasteiger partial charge in [0.15, 0.2) is 0 Å². The monoisotopic (exact) mass is 744 g/mol. The molecule has 0 radical (unpaired) electrons. The SMILES string of the molecule is CC/C=C\C/C=C\C/C=C\C/C=C\C/C=C\C/C=C\C/C=C\C/C=C\C/C=C\C/C=C\CCCCC(=O)NC(CO)C(O)CCCCCCCCCCC. The van der Waals surface area contributed by atoms with Crippen LogP contribution in [0.2, 0.25) is 0 Å². The molecule has 4 nitrogen and oxygen atoms in total. The van der Waals surface area contributed by atoms with Crippen molar-refractivity contribution in [3.8, 4) is 0 Å². The molecule has 2 atom stereocenters. The van der Waals surface area contributed by atoms with Crippen molar-refractivity contribution in [2.45, 2.75) is 180 Å². The van der Waals surface area contributed by atoms with Gasteiger partial charge in [-0.05, 0) is 89.9 Å². The van der Waals surface area contributed by atoms with Crippen molar-refractivity contribution in [2.75, 3.05) is 6.61 Å². The third kappa shape index (κ3) is 40.0. The van der Waals surface area contributed by atoms with Crippen molar-refractivity contribution in [3.05, 3.63) is 122 Å². The Labute approximate surface area is 333 Å². The highest BCUT2D eigenvalue weighted by Gasteiger charge is 2.19. The molecule has 0 aliphatic heterocycles. The lowest BCUT2D eigenvalue weighted by Gasteiger charge is -2.22. The molecule has 0 heterocycles. The summed E-state index contributed by atoms with van der Waals surface area (Å²) in [6.07, 6.45) is 68.5. The van der Waals surface area contributed by atoms with Crippen molar-refractivity contribution in [1.82, 2.24) is 5.32 Å². The zero-order valence-electron chi connectivity index (χ0n) is 34.7. The number of rotatable bonds is 37. The maximum Gasteiger partial charge on any atom is 0.220 e. The highest BCUT2D eigenvalue weighted by atomic mass is 16.3. The predicted molar refractivity (Wildman–Crippen MR) is 239 cm³/mol. The zero-order chi connectivity index (χ0) is 39.3. The van der Waals surface area contributed by atoms with Crippen molar-refractivity contribution in [3.63, 3.8) is 0 Å². The molecule has 0 aliphatic carbocycles. The Hall–Kier alpha value is -3.21. The average Bonchev–Trinajstić information content (AvgIpc) is 3.18. The van der Waals surface area contributed by atoms with Gasteiger partial charge in [0.1, 0.15) is 0 Å². The molecule has 4 heteroatoms. The fourth-order valence-corrected chi connectivity index (χ4v) is 5.68. The number of nitrogens with one attached hydrogen (secondary N) is 1. The van der Waals surface area contributed by atoms with Gasteiger partial charge in [-0.15, -0.1) is 0 Å². The van der Waals surface area contributed by atoms with Crippen LogP contribution in [0.1, 0.15) is 168 Å². The van der Waals surface area contributed by atoms with E-state index in [1.54, 1.807) is 0 Å². The van der Waals surface area contributed by atoms with Crippen LogP contribution >= 0.6 is 0 Å². The second kappa shape index (κ2) is 44.2. The van der Waals surface area contributed by atoms with E-state index in [0.717, 1.165) is 96.3 Å². The molecular weight excluding hydrogens is 663 g/mol. The van der Waals surface area contributed by atoms with Crippen molar-refractivity contribution in [1.29, 1.82) is 0 Å². The summed E-state index contributed by atoms with van der Waals surface area (Å²) in [5.74, 6) is -0.0829. The highest BCUT2D eigenvalue weighted by molar-refractivity contribution is 5.76. The van der Waals surface area contributed by atoms with Crippen LogP contribution in [-0.4, -0.2) is 34.9 Å². The number of hydrogen-bond donors (Lipinski definition) is 3. The molecular formula is C50H81NO3. The summed E-state index contributed by atoms with van der Waals surface area (Å²) in [5, 5.41) is 23.0. The van der Waals surface area contributed by atoms with Gasteiger partial charge in [-0.1, -0.05) is 193 Å². The van der Waals surface area contributed by atoms with Gasteiger partial charge in [0.2, 0.25) is 5.91 Å². The van der Waals surface area contributed by atoms with E-state index in [-0.39, 0.29) is 12.5 Å². The normalized spacial score (nSPS) is 14.2. The van der Waals surface area contributed by atoms with Crippen molar-refractivity contribution >= 4 is 5.91 Å². The zero-order valence-corrected chi connectivity index (χ0v) is 34.7. The average molecular weight is 744 g/mol. The summed E-state index contributed by atoms with van der Waals surface area (Å²) < 4.78 is 0. The summed E-state index contributed by atoms with van der Waals surface area (Å²) in [5.41, 5.74) is 0. The van der Waals surface area contributed by atoms with E-state index in [1.165, 1.54) is 44.9 Å². The van der Waals surface area contributed by atoms with Crippen LogP contribution in [0, 0.1) is 0 Å². The molecule has 0 aromatic heterocycles. The van der Waals surface area contributed by atoms with E-state index < -0.39 is 12.1 Å². The lowest BCUT2D eigenvalue weighted by atomic mass is 10.0. The number of aliphatic hydroxyl groups excluding tert-OH is 2. The second-order valence-corrected chi connectivity index (χ2v) is 14.0. The first kappa shape index (κ1) is 50.8. The summed E-state index contributed by atoms with van der Waals surface area (Å²) in [7, 11) is 0. The predicted octanol–water partition coefficient (Wildman–Crippen LogP) is 13.8. The minimum Gasteiger partial charge on any atom is -0.394 e. The van der Waals surface area contributed by atoms with Crippen LogP contribution in [0.5, 0.6) is 0 Å². The molecule has 0 saturated carbocycles. The number of carbonyl (C=O) groups excluding carboxylic acids is 1. The molecule has 0 fully saturated rings. The van der Waals surface area contributed by atoms with E-state index in [2.05, 4.69) is 141 Å². The molecule has 0 spiro atoms. The fraction of sp³-hybridized carbons (Fsp3) is 0.580. The lowest BCUT2D eigenvalue weighted by molar-refractivity contribution is -0.123. The molecule has 3 N–H and O–H groups in total. The fourth-order valence-electron chi connectivity index (χ4n) is 5.68. The Morgan fingerprint density at radius 3 is 1.19 bits per heavy atom. The Bertz CT molecular complexity index is 1120. The van der Waals surface area contributed by atoms with Gasteiger partial charge in [-0.3, -0.25) is 4.79 Å². The van der Waals surface area contributed by atoms with Gasteiger partial charge in [-0.2, -0.15) is 0 Å². The molecule has 2 unspecified atom stereocenters. The Morgan fingerprint density at radius 2 is 0.815 bits per heavy atom. The van der Waals surface area contributed by atoms with Gasteiger partial charge in [0.05, 0.1) is 18.8 Å². The molecule has 0 bridgehead atoms. The Morgan fingerprint density at radius 1 is 0.463 bits per heavy atom. The van der Waals surface area contributed by atoms with E-state index in [1.807, 2.05) is 0 Å². The first-order chi connectivity index (χ1) is 26.7. The van der Waals surface area contributed by atoms with Gasteiger partial charge in [0, 0.05) is 6.42 Å². The first-order valence-corrected chi connectivity index (χ1v) is 21.7. The Balaban J connectivity index is 3.74. The smallest absolute Gasteiger partial charge is 0.220 e. The third-order valence-corrected chi connectivity index (χ3v) is 8.99. The van der Waals surface area contributed by atoms with Gasteiger partial charge >= 0.3 is 0 Å². The van der Waals surface area contributed by atoms with Crippen LogP contribution in [0.4, 0.5) is 0 Å². The number of hydrogen-bond acceptors (Lipinski definition) is 3. The van der Waals surface area contributed by atoms with E-state index >= 15 is 0 Å². The number of aliphatic hydroxyl groups is 2. The van der Waals surface area contributed by atoms with E-state index in [0.29, 0.717) is 12.8 Å². The number of unbranched alkanes of at least 4 members (excludes halogenated alkanes) is 10. The molecule has 304 valence electrons. The van der Waals surface area contributed by atoms with Crippen LogP contribution in [0.15, 0.2) is 122 Å². The molecule has 0 aromatic carbocycles.